The van der Waals surface area contributed by atoms with Gasteiger partial charge in [-0.15, -0.1) is 0 Å². The summed E-state index contributed by atoms with van der Waals surface area (Å²) in [5.74, 6) is 5.32. The maximum atomic E-state index is 14.0. The number of fused-ring (bicyclic) bond motifs is 5. The molecule has 58 heavy (non-hydrogen) atoms. The van der Waals surface area contributed by atoms with E-state index in [0.717, 1.165) is 68.3 Å². The van der Waals surface area contributed by atoms with Gasteiger partial charge in [-0.2, -0.15) is 0 Å². The van der Waals surface area contributed by atoms with Crippen LogP contribution in [-0.4, -0.2) is 78.4 Å². The van der Waals surface area contributed by atoms with Gasteiger partial charge in [0.1, 0.15) is 23.3 Å². The number of H-pyrrole nitrogens is 2. The lowest BCUT2D eigenvalue weighted by molar-refractivity contribution is -0.136. The Bertz CT molecular complexity index is 1900. The van der Waals surface area contributed by atoms with E-state index in [2.05, 4.69) is 27.4 Å². The van der Waals surface area contributed by atoms with Gasteiger partial charge in [0.25, 0.3) is 0 Å². The molecule has 4 aliphatic carbocycles. The van der Waals surface area contributed by atoms with Crippen molar-refractivity contribution in [3.05, 3.63) is 53.2 Å². The highest BCUT2D eigenvalue weighted by Gasteiger charge is 2.52. The van der Waals surface area contributed by atoms with Crippen LogP contribution in [0.1, 0.15) is 160 Å². The third-order valence-electron chi connectivity index (χ3n) is 14.6. The molecule has 3 amide bonds. The first-order valence-electron chi connectivity index (χ1n) is 22.6. The summed E-state index contributed by atoms with van der Waals surface area (Å²) in [5, 5.41) is 2.86. The van der Waals surface area contributed by atoms with Gasteiger partial charge in [0.2, 0.25) is 11.8 Å². The number of nitrogens with zero attached hydrogens (tertiary/aromatic N) is 4. The van der Waals surface area contributed by atoms with Gasteiger partial charge >= 0.3 is 6.09 Å². The normalized spacial score (nSPS) is 30.7. The number of likely N-dealkylation sites (tertiary alicyclic amines) is 2. The molecule has 8 atom stereocenters. The number of ether oxygens (including phenoxy) is 1. The van der Waals surface area contributed by atoms with Crippen LogP contribution >= 0.6 is 0 Å². The van der Waals surface area contributed by atoms with E-state index in [1.807, 2.05) is 70.7 Å². The van der Waals surface area contributed by atoms with Gasteiger partial charge in [0.05, 0.1) is 30.0 Å². The minimum Gasteiger partial charge on any atom is -0.444 e. The number of rotatable bonds is 10. The number of alkyl carbamates (subject to hydrolysis) is 1. The molecule has 316 valence electrons. The topological polar surface area (TPSA) is 162 Å². The standard InChI is InChI=1S/C46H68N8O4/c1-25(2)39(47)43(55)53-20-8-10-35(53)41-48-23-33(50-41)28-14-12-27(13-15-28)31-18-19-32(38-30-17-16-29(22-30)37(31)38)34-24-49-42(51-34)36-11-9-21-54(36)44(56)40(26(3)4)52-45(57)58-46(5,6)7/h18-19,23-30,35-40H,8-17,20-22,47H2,1-7H3,(H,48,50)(H,49,51)(H,52,57). The van der Waals surface area contributed by atoms with E-state index >= 15 is 0 Å². The lowest BCUT2D eigenvalue weighted by atomic mass is 9.63. The molecule has 12 nitrogen and oxygen atoms in total. The van der Waals surface area contributed by atoms with Crippen molar-refractivity contribution in [3.63, 3.8) is 0 Å². The number of amides is 3. The van der Waals surface area contributed by atoms with Crippen molar-refractivity contribution >= 4 is 23.5 Å². The molecule has 2 aliphatic heterocycles. The Morgan fingerprint density at radius 3 is 2.02 bits per heavy atom. The third-order valence-corrected chi connectivity index (χ3v) is 14.6. The highest BCUT2D eigenvalue weighted by atomic mass is 16.6. The molecule has 2 bridgehead atoms. The van der Waals surface area contributed by atoms with Crippen LogP contribution in [0.25, 0.3) is 5.57 Å². The van der Waals surface area contributed by atoms with Crippen LogP contribution in [0.2, 0.25) is 0 Å². The van der Waals surface area contributed by atoms with Crippen molar-refractivity contribution in [3.8, 4) is 0 Å². The van der Waals surface area contributed by atoms with Crippen molar-refractivity contribution in [1.29, 1.82) is 0 Å². The summed E-state index contributed by atoms with van der Waals surface area (Å²) in [6.45, 7) is 14.8. The molecule has 0 aromatic carbocycles. The predicted octanol–water partition coefficient (Wildman–Crippen LogP) is 7.95. The van der Waals surface area contributed by atoms with Crippen LogP contribution in [0.5, 0.6) is 0 Å². The Hall–Kier alpha value is -3.93. The smallest absolute Gasteiger partial charge is 0.408 e. The number of carbonyl (C=O) groups excluding carboxylic acids is 3. The molecule has 0 radical (unpaired) electrons. The average Bonchev–Trinajstić information content (AvgIpc) is 4.04. The zero-order valence-electron chi connectivity index (χ0n) is 35.9. The summed E-state index contributed by atoms with van der Waals surface area (Å²) in [4.78, 5) is 61.0. The first-order valence-corrected chi connectivity index (χ1v) is 22.6. The number of carbonyl (C=O) groups is 3. The summed E-state index contributed by atoms with van der Waals surface area (Å²) in [6.07, 6.45) is 20.6. The van der Waals surface area contributed by atoms with Crippen molar-refractivity contribution in [1.82, 2.24) is 35.1 Å². The molecule has 4 heterocycles. The van der Waals surface area contributed by atoms with E-state index < -0.39 is 23.8 Å². The fraction of sp³-hybridized carbons (Fsp3) is 0.717. The first kappa shape index (κ1) is 40.8. The van der Waals surface area contributed by atoms with Crippen LogP contribution in [0, 0.1) is 41.4 Å². The van der Waals surface area contributed by atoms with E-state index in [4.69, 9.17) is 20.4 Å². The van der Waals surface area contributed by atoms with E-state index in [1.165, 1.54) is 43.4 Å². The Kier molecular flexibility index (Phi) is 11.4. The molecule has 6 aliphatic rings. The Morgan fingerprint density at radius 1 is 0.776 bits per heavy atom. The SMILES string of the molecule is CC(C)C(N)C(=O)N1CCCC1c1ncc(C2CCC(C3=CC=C(c4cnc(C5CCCN5C(=O)C(NC(=O)OC(C)(C)C)C(C)C)[nH]4)C4C5CCC(C5)C34)CC2)[nH]1. The highest BCUT2D eigenvalue weighted by molar-refractivity contribution is 5.86. The van der Waals surface area contributed by atoms with Gasteiger partial charge in [-0.3, -0.25) is 9.59 Å². The minimum atomic E-state index is -0.675. The zero-order valence-corrected chi connectivity index (χ0v) is 35.9. The number of hydrogen-bond donors (Lipinski definition) is 4. The van der Waals surface area contributed by atoms with Gasteiger partial charge in [-0.1, -0.05) is 45.4 Å². The zero-order chi connectivity index (χ0) is 41.0. The van der Waals surface area contributed by atoms with Gasteiger partial charge in [0, 0.05) is 30.9 Å². The summed E-state index contributed by atoms with van der Waals surface area (Å²) in [7, 11) is 0. The summed E-state index contributed by atoms with van der Waals surface area (Å²) < 4.78 is 5.51. The third kappa shape index (κ3) is 7.91. The molecule has 2 aromatic rings. The second kappa shape index (κ2) is 16.3. The molecule has 3 saturated carbocycles. The summed E-state index contributed by atoms with van der Waals surface area (Å²) >= 11 is 0. The van der Waals surface area contributed by atoms with Crippen LogP contribution in [0.3, 0.4) is 0 Å². The summed E-state index contributed by atoms with van der Waals surface area (Å²) in [6, 6.07) is -1.32. The fourth-order valence-corrected chi connectivity index (χ4v) is 11.7. The molecule has 0 spiro atoms. The molecule has 8 unspecified atom stereocenters. The molecule has 12 heteroatoms. The van der Waals surface area contributed by atoms with Crippen molar-refractivity contribution in [2.24, 2.45) is 47.2 Å². The Labute approximate surface area is 345 Å². The molecule has 8 rings (SSSR count). The minimum absolute atomic E-state index is 0.0126. The van der Waals surface area contributed by atoms with Crippen LogP contribution in [0.15, 0.2) is 30.1 Å². The molecular weight excluding hydrogens is 729 g/mol. The molecular formula is C46H68N8O4. The van der Waals surface area contributed by atoms with Gasteiger partial charge in [-0.25, -0.2) is 14.8 Å². The van der Waals surface area contributed by atoms with Crippen LogP contribution in [-0.2, 0) is 14.3 Å². The molecule has 2 saturated heterocycles. The number of hydrogen-bond acceptors (Lipinski definition) is 7. The average molecular weight is 797 g/mol. The lowest BCUT2D eigenvalue weighted by Gasteiger charge is -2.41. The number of aromatic nitrogens is 4. The van der Waals surface area contributed by atoms with Gasteiger partial charge < -0.3 is 35.6 Å². The largest absolute Gasteiger partial charge is 0.444 e. The van der Waals surface area contributed by atoms with Crippen molar-refractivity contribution in [2.75, 3.05) is 13.1 Å². The number of imidazole rings is 2. The van der Waals surface area contributed by atoms with Crippen LogP contribution < -0.4 is 11.1 Å². The van der Waals surface area contributed by atoms with E-state index in [0.29, 0.717) is 36.1 Å². The van der Waals surface area contributed by atoms with E-state index in [1.54, 1.807) is 5.57 Å². The van der Waals surface area contributed by atoms with E-state index in [-0.39, 0.29) is 35.7 Å². The van der Waals surface area contributed by atoms with Crippen molar-refractivity contribution in [2.45, 2.75) is 155 Å². The number of nitrogens with one attached hydrogen (secondary N) is 3. The second-order valence-corrected chi connectivity index (χ2v) is 20.1. The maximum Gasteiger partial charge on any atom is 0.408 e. The highest BCUT2D eigenvalue weighted by Crippen LogP contribution is 2.62. The number of aromatic amines is 2. The lowest BCUT2D eigenvalue weighted by Crippen LogP contribution is -2.52. The molecule has 5 N–H and O–H groups in total. The van der Waals surface area contributed by atoms with Crippen molar-refractivity contribution < 1.29 is 19.1 Å². The monoisotopic (exact) mass is 797 g/mol. The first-order chi connectivity index (χ1) is 27.7. The van der Waals surface area contributed by atoms with Gasteiger partial charge in [0.15, 0.2) is 0 Å². The Morgan fingerprint density at radius 2 is 1.38 bits per heavy atom. The fourth-order valence-electron chi connectivity index (χ4n) is 11.7. The maximum absolute atomic E-state index is 14.0. The molecule has 2 aromatic heterocycles. The quantitative estimate of drug-likeness (QED) is 0.190. The second-order valence-electron chi connectivity index (χ2n) is 20.1. The predicted molar refractivity (Wildman–Crippen MR) is 224 cm³/mol. The van der Waals surface area contributed by atoms with E-state index in [9.17, 15) is 14.4 Å². The summed E-state index contributed by atoms with van der Waals surface area (Å²) in [5.41, 5.74) is 11.0. The molecule has 5 fully saturated rings. The Balaban J connectivity index is 0.945. The van der Waals surface area contributed by atoms with Crippen LogP contribution in [0.4, 0.5) is 4.79 Å². The number of nitrogens with two attached hydrogens (primary N) is 1. The number of allylic oxidation sites excluding steroid dienone is 4. The van der Waals surface area contributed by atoms with Gasteiger partial charge in [-0.05, 0) is 138 Å².